The largest absolute Gasteiger partial charge is 0.370 e. The zero-order valence-corrected chi connectivity index (χ0v) is 19.4. The number of nitrogens with two attached hydrogens (primary N) is 2. The number of amides is 5. The number of fused-ring (bicyclic) bond motifs is 4. The fourth-order valence-corrected chi connectivity index (χ4v) is 5.72. The number of benzene rings is 2. The van der Waals surface area contributed by atoms with E-state index >= 15 is 0 Å². The van der Waals surface area contributed by atoms with Gasteiger partial charge >= 0.3 is 0 Å². The van der Waals surface area contributed by atoms with E-state index in [0.29, 0.717) is 21.8 Å². The van der Waals surface area contributed by atoms with Gasteiger partial charge in [0.25, 0.3) is 0 Å². The van der Waals surface area contributed by atoms with E-state index in [4.69, 9.17) is 23.1 Å². The van der Waals surface area contributed by atoms with Crippen LogP contribution >= 0.6 is 11.6 Å². The third-order valence-corrected chi connectivity index (χ3v) is 7.61. The third kappa shape index (κ3) is 3.17. The highest BCUT2D eigenvalue weighted by atomic mass is 35.5. The Hall–Kier alpha value is -3.76. The molecule has 3 aliphatic heterocycles. The van der Waals surface area contributed by atoms with Crippen molar-refractivity contribution in [3.05, 3.63) is 58.1 Å². The van der Waals surface area contributed by atoms with Gasteiger partial charge in [-0.25, -0.2) is 4.90 Å². The maximum atomic E-state index is 13.8. The standard InChI is InChI=1S/C24H22ClN5O5/c1-10-14(25)7-6-13-19(10)28-23(35)24(13)18-17(15(29-24)8-9-16(26)31)21(33)30(22(18)34)12-4-2-11(3-5-12)20(27)32/h2-7,15,17-18,29H,8-9H2,1H3,(H2,26,31)(H2,27,32)(H,28,35)/t15-,17+,18+,24+/m0/s1. The molecule has 35 heavy (non-hydrogen) atoms. The van der Waals surface area contributed by atoms with Crippen LogP contribution in [0.5, 0.6) is 0 Å². The van der Waals surface area contributed by atoms with Crippen LogP contribution in [0.15, 0.2) is 36.4 Å². The highest BCUT2D eigenvalue weighted by molar-refractivity contribution is 6.32. The lowest BCUT2D eigenvalue weighted by molar-refractivity contribution is -0.130. The molecule has 11 heteroatoms. The summed E-state index contributed by atoms with van der Waals surface area (Å²) in [6.07, 6.45) is 0.140. The Morgan fingerprint density at radius 1 is 1.06 bits per heavy atom. The molecule has 2 saturated heterocycles. The van der Waals surface area contributed by atoms with Crippen molar-refractivity contribution in [3.8, 4) is 0 Å². The lowest BCUT2D eigenvalue weighted by atomic mass is 9.76. The smallest absolute Gasteiger partial charge is 0.250 e. The van der Waals surface area contributed by atoms with Crippen molar-refractivity contribution in [2.45, 2.75) is 31.3 Å². The summed E-state index contributed by atoms with van der Waals surface area (Å²) in [5.74, 6) is -4.71. The summed E-state index contributed by atoms with van der Waals surface area (Å²) in [6, 6.07) is 8.43. The minimum absolute atomic E-state index is 0.0279. The maximum absolute atomic E-state index is 13.8. The first kappa shape index (κ1) is 23.0. The van der Waals surface area contributed by atoms with Crippen LogP contribution in [-0.4, -0.2) is 35.6 Å². The van der Waals surface area contributed by atoms with E-state index in [1.165, 1.54) is 24.3 Å². The molecule has 4 atom stereocenters. The molecule has 0 aliphatic carbocycles. The van der Waals surface area contributed by atoms with E-state index in [9.17, 15) is 24.0 Å². The van der Waals surface area contributed by atoms with Crippen molar-refractivity contribution in [1.29, 1.82) is 0 Å². The van der Waals surface area contributed by atoms with Crippen molar-refractivity contribution in [3.63, 3.8) is 0 Å². The van der Waals surface area contributed by atoms with Crippen molar-refractivity contribution < 1.29 is 24.0 Å². The fourth-order valence-electron chi connectivity index (χ4n) is 5.57. The van der Waals surface area contributed by atoms with E-state index in [2.05, 4.69) is 10.6 Å². The molecule has 180 valence electrons. The molecule has 3 heterocycles. The predicted molar refractivity (Wildman–Crippen MR) is 126 cm³/mol. The number of halogens is 1. The molecule has 0 aromatic heterocycles. The van der Waals surface area contributed by atoms with Gasteiger partial charge in [-0.1, -0.05) is 17.7 Å². The van der Waals surface area contributed by atoms with Gasteiger partial charge in [-0.05, 0) is 49.2 Å². The third-order valence-electron chi connectivity index (χ3n) is 7.20. The van der Waals surface area contributed by atoms with E-state index in [1.54, 1.807) is 19.1 Å². The van der Waals surface area contributed by atoms with Gasteiger partial charge in [0.1, 0.15) is 5.54 Å². The van der Waals surface area contributed by atoms with Crippen molar-refractivity contribution in [1.82, 2.24) is 5.32 Å². The van der Waals surface area contributed by atoms with Crippen LogP contribution < -0.4 is 27.0 Å². The highest BCUT2D eigenvalue weighted by Gasteiger charge is 2.70. The number of hydrogen-bond donors (Lipinski definition) is 4. The Bertz CT molecular complexity index is 1330. The molecule has 0 bridgehead atoms. The zero-order chi connectivity index (χ0) is 25.2. The number of anilines is 2. The van der Waals surface area contributed by atoms with E-state index in [1.807, 2.05) is 0 Å². The Balaban J connectivity index is 1.63. The van der Waals surface area contributed by atoms with Crippen molar-refractivity contribution in [2.24, 2.45) is 23.3 Å². The van der Waals surface area contributed by atoms with Gasteiger partial charge in [-0.15, -0.1) is 0 Å². The monoisotopic (exact) mass is 495 g/mol. The quantitative estimate of drug-likeness (QED) is 0.450. The van der Waals surface area contributed by atoms with Gasteiger partial charge in [0, 0.05) is 28.6 Å². The molecule has 6 N–H and O–H groups in total. The number of hydrogen-bond acceptors (Lipinski definition) is 6. The number of carbonyl (C=O) groups is 5. The summed E-state index contributed by atoms with van der Waals surface area (Å²) < 4.78 is 0. The van der Waals surface area contributed by atoms with Crippen LogP contribution in [0.1, 0.15) is 34.3 Å². The van der Waals surface area contributed by atoms with Gasteiger partial charge in [0.15, 0.2) is 0 Å². The summed E-state index contributed by atoms with van der Waals surface area (Å²) in [4.78, 5) is 65.0. The second-order valence-corrected chi connectivity index (χ2v) is 9.45. The zero-order valence-electron chi connectivity index (χ0n) is 18.6. The summed E-state index contributed by atoms with van der Waals surface area (Å²) >= 11 is 6.26. The van der Waals surface area contributed by atoms with Crippen LogP contribution in [0.25, 0.3) is 0 Å². The second-order valence-electron chi connectivity index (χ2n) is 9.04. The molecule has 3 aliphatic rings. The molecular formula is C24H22ClN5O5. The van der Waals surface area contributed by atoms with Crippen molar-refractivity contribution >= 4 is 52.5 Å². The normalized spacial score (nSPS) is 26.7. The van der Waals surface area contributed by atoms with Gasteiger partial charge in [0.2, 0.25) is 29.5 Å². The molecule has 5 amide bonds. The molecule has 1 spiro atoms. The number of nitrogens with zero attached hydrogens (tertiary/aromatic N) is 1. The number of rotatable bonds is 5. The molecule has 0 radical (unpaired) electrons. The molecule has 0 saturated carbocycles. The number of carbonyl (C=O) groups excluding carboxylic acids is 5. The maximum Gasteiger partial charge on any atom is 0.250 e. The van der Waals surface area contributed by atoms with Gasteiger partial charge in [-0.2, -0.15) is 0 Å². The number of primary amides is 2. The van der Waals surface area contributed by atoms with Crippen molar-refractivity contribution in [2.75, 3.05) is 10.2 Å². The minimum Gasteiger partial charge on any atom is -0.370 e. The van der Waals surface area contributed by atoms with Crippen LogP contribution in [0.4, 0.5) is 11.4 Å². The average molecular weight is 496 g/mol. The second kappa shape index (κ2) is 7.89. The number of nitrogens with one attached hydrogen (secondary N) is 2. The first-order valence-electron chi connectivity index (χ1n) is 11.0. The number of imide groups is 1. The molecular weight excluding hydrogens is 474 g/mol. The molecule has 10 nitrogen and oxygen atoms in total. The molecule has 0 unspecified atom stereocenters. The van der Waals surface area contributed by atoms with E-state index in [0.717, 1.165) is 4.90 Å². The summed E-state index contributed by atoms with van der Waals surface area (Å²) in [5, 5.41) is 6.53. The van der Waals surface area contributed by atoms with Crippen LogP contribution in [-0.2, 0) is 24.7 Å². The first-order chi connectivity index (χ1) is 16.6. The molecule has 2 fully saturated rings. The molecule has 2 aromatic rings. The SMILES string of the molecule is Cc1c(Cl)ccc2c1NC(=O)[C@@]21N[C@@H](CCC(N)=O)[C@H]2C(=O)N(c3ccc(C(N)=O)cc3)C(=O)[C@@H]21. The highest BCUT2D eigenvalue weighted by Crippen LogP contribution is 2.55. The summed E-state index contributed by atoms with van der Waals surface area (Å²) in [5.41, 5.74) is 11.3. The minimum atomic E-state index is -1.52. The van der Waals surface area contributed by atoms with E-state index < -0.39 is 53.0 Å². The Morgan fingerprint density at radius 2 is 1.74 bits per heavy atom. The predicted octanol–water partition coefficient (Wildman–Crippen LogP) is 0.938. The Kier molecular flexibility index (Phi) is 5.19. The van der Waals surface area contributed by atoms with Gasteiger partial charge in [0.05, 0.1) is 23.2 Å². The lowest BCUT2D eigenvalue weighted by Gasteiger charge is -2.29. The first-order valence-corrected chi connectivity index (χ1v) is 11.4. The topological polar surface area (TPSA) is 165 Å². The van der Waals surface area contributed by atoms with Gasteiger partial charge < -0.3 is 16.8 Å². The molecule has 2 aromatic carbocycles. The van der Waals surface area contributed by atoms with Gasteiger partial charge in [-0.3, -0.25) is 29.3 Å². The Morgan fingerprint density at radius 3 is 2.37 bits per heavy atom. The lowest BCUT2D eigenvalue weighted by Crippen LogP contribution is -2.53. The average Bonchev–Trinajstić information content (AvgIpc) is 3.40. The summed E-state index contributed by atoms with van der Waals surface area (Å²) in [6.45, 7) is 1.76. The fraction of sp³-hybridized carbons (Fsp3) is 0.292. The van der Waals surface area contributed by atoms with Crippen LogP contribution in [0, 0.1) is 18.8 Å². The summed E-state index contributed by atoms with van der Waals surface area (Å²) in [7, 11) is 0. The Labute approximate surface area is 205 Å². The van der Waals surface area contributed by atoms with E-state index in [-0.39, 0.29) is 24.1 Å². The van der Waals surface area contributed by atoms with Crippen LogP contribution in [0.3, 0.4) is 0 Å². The van der Waals surface area contributed by atoms with Crippen LogP contribution in [0.2, 0.25) is 5.02 Å². The molecule has 5 rings (SSSR count).